The Bertz CT molecular complexity index is 149. The third kappa shape index (κ3) is 5.53. The van der Waals surface area contributed by atoms with Gasteiger partial charge in [-0.05, 0) is 32.9 Å². The molecule has 0 aromatic carbocycles. The van der Waals surface area contributed by atoms with Gasteiger partial charge in [0, 0.05) is 18.6 Å². The molecule has 1 unspecified atom stereocenters. The topological polar surface area (TPSA) is 15.3 Å². The number of hydrogen-bond acceptors (Lipinski definition) is 2. The monoisotopic (exact) mass is 212 g/mol. The van der Waals surface area contributed by atoms with Gasteiger partial charge < -0.3 is 5.32 Å². The molecule has 0 amide bonds. The first-order valence-corrected chi connectivity index (χ1v) is 6.67. The molecule has 0 saturated carbocycles. The minimum absolute atomic E-state index is 0.613. The van der Waals surface area contributed by atoms with Gasteiger partial charge in [-0.1, -0.05) is 33.1 Å². The first-order chi connectivity index (χ1) is 7.20. The lowest BCUT2D eigenvalue weighted by atomic mass is 10.1. The largest absolute Gasteiger partial charge is 0.313 e. The molecule has 2 heteroatoms. The highest BCUT2D eigenvalue weighted by molar-refractivity contribution is 4.72. The normalized spacial score (nSPS) is 22.4. The van der Waals surface area contributed by atoms with Gasteiger partial charge in [0.1, 0.15) is 0 Å². The van der Waals surface area contributed by atoms with Crippen LogP contribution in [0.3, 0.4) is 0 Å². The number of nitrogens with one attached hydrogen (secondary N) is 1. The Kier molecular flexibility index (Phi) is 6.26. The van der Waals surface area contributed by atoms with Crippen molar-refractivity contribution in [2.75, 3.05) is 19.6 Å². The van der Waals surface area contributed by atoms with Crippen LogP contribution in [0.4, 0.5) is 0 Å². The lowest BCUT2D eigenvalue weighted by Crippen LogP contribution is -2.43. The van der Waals surface area contributed by atoms with Crippen molar-refractivity contribution < 1.29 is 0 Å². The van der Waals surface area contributed by atoms with Crippen LogP contribution >= 0.6 is 0 Å². The van der Waals surface area contributed by atoms with Crippen LogP contribution in [0.1, 0.15) is 52.9 Å². The predicted molar refractivity (Wildman–Crippen MR) is 67.3 cm³/mol. The summed E-state index contributed by atoms with van der Waals surface area (Å²) in [7, 11) is 0. The van der Waals surface area contributed by atoms with Crippen molar-refractivity contribution in [3.63, 3.8) is 0 Å². The molecule has 0 aromatic rings. The Morgan fingerprint density at radius 3 is 2.00 bits per heavy atom. The Morgan fingerprint density at radius 2 is 1.47 bits per heavy atom. The molecular formula is C13H28N2. The lowest BCUT2D eigenvalue weighted by Gasteiger charge is -2.31. The Morgan fingerprint density at radius 1 is 0.933 bits per heavy atom. The molecule has 0 radical (unpaired) electrons. The van der Waals surface area contributed by atoms with Gasteiger partial charge in [-0.25, -0.2) is 0 Å². The summed E-state index contributed by atoms with van der Waals surface area (Å²) < 4.78 is 0. The first-order valence-electron chi connectivity index (χ1n) is 6.67. The number of likely N-dealkylation sites (tertiary alicyclic amines) is 1. The number of rotatable bonds is 4. The molecule has 1 aliphatic heterocycles. The van der Waals surface area contributed by atoms with Crippen molar-refractivity contribution in [3.05, 3.63) is 0 Å². The molecule has 0 aromatic heterocycles. The fourth-order valence-corrected chi connectivity index (χ4v) is 2.25. The molecule has 1 N–H and O–H groups in total. The van der Waals surface area contributed by atoms with E-state index >= 15 is 0 Å². The standard InChI is InChI=1S/C13H28N2/c1-12(2)14-11-13(3)15-9-7-5-4-6-8-10-15/h12-14H,4-11H2,1-3H3. The lowest BCUT2D eigenvalue weighted by molar-refractivity contribution is 0.184. The maximum atomic E-state index is 3.54. The fourth-order valence-electron chi connectivity index (χ4n) is 2.25. The average Bonchev–Trinajstić information content (AvgIpc) is 2.13. The Hall–Kier alpha value is -0.0800. The van der Waals surface area contributed by atoms with E-state index in [1.165, 1.54) is 45.2 Å². The molecule has 1 heterocycles. The molecule has 90 valence electrons. The first kappa shape index (κ1) is 13.0. The summed E-state index contributed by atoms with van der Waals surface area (Å²) >= 11 is 0. The smallest absolute Gasteiger partial charge is 0.0192 e. The van der Waals surface area contributed by atoms with Gasteiger partial charge in [-0.3, -0.25) is 4.90 Å². The second-order valence-corrected chi connectivity index (χ2v) is 5.22. The SMILES string of the molecule is CC(C)NCC(C)N1CCCCCCC1. The van der Waals surface area contributed by atoms with Crippen LogP contribution in [0.2, 0.25) is 0 Å². The Balaban J connectivity index is 2.25. The van der Waals surface area contributed by atoms with Crippen molar-refractivity contribution in [3.8, 4) is 0 Å². The van der Waals surface area contributed by atoms with E-state index in [0.717, 1.165) is 6.54 Å². The van der Waals surface area contributed by atoms with Gasteiger partial charge in [-0.2, -0.15) is 0 Å². The minimum Gasteiger partial charge on any atom is -0.313 e. The third-order valence-electron chi connectivity index (χ3n) is 3.34. The summed E-state index contributed by atoms with van der Waals surface area (Å²) in [5, 5.41) is 3.54. The zero-order valence-electron chi connectivity index (χ0n) is 10.8. The molecule has 0 aliphatic carbocycles. The van der Waals surface area contributed by atoms with Crippen molar-refractivity contribution in [1.29, 1.82) is 0 Å². The van der Waals surface area contributed by atoms with Gasteiger partial charge in [0.2, 0.25) is 0 Å². The highest BCUT2D eigenvalue weighted by Gasteiger charge is 2.14. The van der Waals surface area contributed by atoms with Crippen LogP contribution in [0.15, 0.2) is 0 Å². The summed E-state index contributed by atoms with van der Waals surface area (Å²) in [6.45, 7) is 10.6. The van der Waals surface area contributed by atoms with E-state index in [2.05, 4.69) is 31.0 Å². The molecule has 15 heavy (non-hydrogen) atoms. The summed E-state index contributed by atoms with van der Waals surface area (Å²) in [5.41, 5.74) is 0. The zero-order chi connectivity index (χ0) is 11.1. The van der Waals surface area contributed by atoms with Crippen LogP contribution in [-0.2, 0) is 0 Å². The molecular weight excluding hydrogens is 184 g/mol. The van der Waals surface area contributed by atoms with Gasteiger partial charge in [-0.15, -0.1) is 0 Å². The molecule has 0 spiro atoms. The third-order valence-corrected chi connectivity index (χ3v) is 3.34. The molecule has 1 atom stereocenters. The van der Waals surface area contributed by atoms with E-state index in [9.17, 15) is 0 Å². The minimum atomic E-state index is 0.613. The second-order valence-electron chi connectivity index (χ2n) is 5.22. The summed E-state index contributed by atoms with van der Waals surface area (Å²) in [6, 6.07) is 1.31. The highest BCUT2D eigenvalue weighted by atomic mass is 15.2. The van der Waals surface area contributed by atoms with Crippen LogP contribution in [-0.4, -0.2) is 36.6 Å². The fraction of sp³-hybridized carbons (Fsp3) is 1.00. The predicted octanol–water partition coefficient (Wildman–Crippen LogP) is 2.64. The van der Waals surface area contributed by atoms with Crippen molar-refractivity contribution >= 4 is 0 Å². The molecule has 1 saturated heterocycles. The van der Waals surface area contributed by atoms with Crippen LogP contribution < -0.4 is 5.32 Å². The van der Waals surface area contributed by atoms with Crippen LogP contribution in [0.25, 0.3) is 0 Å². The van der Waals surface area contributed by atoms with E-state index in [-0.39, 0.29) is 0 Å². The van der Waals surface area contributed by atoms with E-state index in [0.29, 0.717) is 12.1 Å². The number of hydrogen-bond donors (Lipinski definition) is 1. The Labute approximate surface area is 95.4 Å². The van der Waals surface area contributed by atoms with Gasteiger partial charge in [0.25, 0.3) is 0 Å². The summed E-state index contributed by atoms with van der Waals surface area (Å²) in [6.07, 6.45) is 7.10. The molecule has 1 rings (SSSR count). The molecule has 1 fully saturated rings. The van der Waals surface area contributed by atoms with Gasteiger partial charge in [0.05, 0.1) is 0 Å². The van der Waals surface area contributed by atoms with E-state index in [4.69, 9.17) is 0 Å². The molecule has 2 nitrogen and oxygen atoms in total. The average molecular weight is 212 g/mol. The van der Waals surface area contributed by atoms with E-state index in [1.54, 1.807) is 0 Å². The van der Waals surface area contributed by atoms with Crippen LogP contribution in [0.5, 0.6) is 0 Å². The summed E-state index contributed by atoms with van der Waals surface area (Å²) in [5.74, 6) is 0. The second kappa shape index (κ2) is 7.24. The van der Waals surface area contributed by atoms with Crippen molar-refractivity contribution in [2.24, 2.45) is 0 Å². The maximum Gasteiger partial charge on any atom is 0.0192 e. The van der Waals surface area contributed by atoms with Crippen molar-refractivity contribution in [1.82, 2.24) is 10.2 Å². The zero-order valence-corrected chi connectivity index (χ0v) is 10.8. The quantitative estimate of drug-likeness (QED) is 0.770. The van der Waals surface area contributed by atoms with E-state index in [1.807, 2.05) is 0 Å². The number of nitrogens with zero attached hydrogens (tertiary/aromatic N) is 1. The highest BCUT2D eigenvalue weighted by Crippen LogP contribution is 2.12. The van der Waals surface area contributed by atoms with E-state index < -0.39 is 0 Å². The van der Waals surface area contributed by atoms with Gasteiger partial charge >= 0.3 is 0 Å². The molecule has 1 aliphatic rings. The molecule has 0 bridgehead atoms. The summed E-state index contributed by atoms with van der Waals surface area (Å²) in [4.78, 5) is 2.66. The van der Waals surface area contributed by atoms with Crippen molar-refractivity contribution in [2.45, 2.75) is 65.0 Å². The van der Waals surface area contributed by atoms with Crippen LogP contribution in [0, 0.1) is 0 Å². The maximum absolute atomic E-state index is 3.54. The van der Waals surface area contributed by atoms with Gasteiger partial charge in [0.15, 0.2) is 0 Å².